The minimum absolute atomic E-state index is 0. The molecule has 2 rings (SSSR count). The first-order valence-corrected chi connectivity index (χ1v) is 7.92. The van der Waals surface area contributed by atoms with Crippen molar-refractivity contribution in [1.82, 2.24) is 4.90 Å². The summed E-state index contributed by atoms with van der Waals surface area (Å²) in [5, 5.41) is 2.93. The van der Waals surface area contributed by atoms with Gasteiger partial charge in [-0.2, -0.15) is 0 Å². The van der Waals surface area contributed by atoms with Gasteiger partial charge in [-0.25, -0.2) is 0 Å². The van der Waals surface area contributed by atoms with Crippen molar-refractivity contribution >= 4 is 36.4 Å². The van der Waals surface area contributed by atoms with Crippen molar-refractivity contribution in [1.29, 1.82) is 0 Å². The zero-order valence-corrected chi connectivity index (χ0v) is 15.6. The number of carbonyl (C=O) groups is 1. The molecule has 4 nitrogen and oxygen atoms in total. The van der Waals surface area contributed by atoms with Crippen molar-refractivity contribution in [2.75, 3.05) is 12.4 Å². The Balaban J connectivity index is 0.00000242. The van der Waals surface area contributed by atoms with Crippen LogP contribution in [0.4, 0.5) is 5.69 Å². The highest BCUT2D eigenvalue weighted by Crippen LogP contribution is 2.24. The standard InChI is InChI=1S/C17H27N3O.2ClH/c1-13(18)17(21)19-16-11-7-6-8-14(16)12-20(2)15-9-4-3-5-10-15;;/h6-8,11,13,15H,3-5,9-10,12,18H2,1-2H3,(H,19,21);2*1H. The lowest BCUT2D eigenvalue weighted by Crippen LogP contribution is -2.34. The van der Waals surface area contributed by atoms with Gasteiger partial charge in [0.05, 0.1) is 6.04 Å². The van der Waals surface area contributed by atoms with E-state index in [1.54, 1.807) is 6.92 Å². The fourth-order valence-electron chi connectivity index (χ4n) is 2.95. The van der Waals surface area contributed by atoms with Gasteiger partial charge in [-0.3, -0.25) is 9.69 Å². The Kier molecular flexibility index (Phi) is 10.5. The molecule has 6 heteroatoms. The second kappa shape index (κ2) is 10.9. The van der Waals surface area contributed by atoms with E-state index in [1.165, 1.54) is 32.1 Å². The molecule has 1 fully saturated rings. The van der Waals surface area contributed by atoms with Gasteiger partial charge in [0.25, 0.3) is 0 Å². The molecular formula is C17H29Cl2N3O. The first-order valence-electron chi connectivity index (χ1n) is 7.92. The molecule has 1 saturated carbocycles. The molecule has 1 aromatic rings. The second-order valence-electron chi connectivity index (χ2n) is 6.14. The first-order chi connectivity index (χ1) is 10.1. The minimum atomic E-state index is -0.492. The summed E-state index contributed by atoms with van der Waals surface area (Å²) in [7, 11) is 2.18. The quantitative estimate of drug-likeness (QED) is 0.842. The molecule has 0 spiro atoms. The fourth-order valence-corrected chi connectivity index (χ4v) is 2.95. The Hall–Kier alpha value is -0.810. The van der Waals surface area contributed by atoms with Gasteiger partial charge in [-0.1, -0.05) is 37.5 Å². The number of para-hydroxylation sites is 1. The molecule has 1 amide bonds. The Bertz CT molecular complexity index is 477. The summed E-state index contributed by atoms with van der Waals surface area (Å²) in [6, 6.07) is 8.16. The van der Waals surface area contributed by atoms with Gasteiger partial charge in [0.2, 0.25) is 5.91 Å². The van der Waals surface area contributed by atoms with Crippen LogP contribution in [0.1, 0.15) is 44.6 Å². The summed E-state index contributed by atoms with van der Waals surface area (Å²) in [5.41, 5.74) is 7.66. The van der Waals surface area contributed by atoms with Gasteiger partial charge in [-0.05, 0) is 38.4 Å². The first kappa shape index (κ1) is 22.2. The van der Waals surface area contributed by atoms with Crippen LogP contribution in [0, 0.1) is 0 Å². The predicted molar refractivity (Wildman–Crippen MR) is 102 cm³/mol. The largest absolute Gasteiger partial charge is 0.324 e. The van der Waals surface area contributed by atoms with Crippen LogP contribution in [-0.4, -0.2) is 29.9 Å². The minimum Gasteiger partial charge on any atom is -0.324 e. The lowest BCUT2D eigenvalue weighted by atomic mass is 9.94. The number of rotatable bonds is 5. The SMILES string of the molecule is CC(N)C(=O)Nc1ccccc1CN(C)C1CCCCC1.Cl.Cl. The average Bonchev–Trinajstić information content (AvgIpc) is 2.50. The fraction of sp³-hybridized carbons (Fsp3) is 0.588. The third-order valence-electron chi connectivity index (χ3n) is 4.31. The van der Waals surface area contributed by atoms with Crippen molar-refractivity contribution in [3.8, 4) is 0 Å². The molecule has 1 aliphatic rings. The van der Waals surface area contributed by atoms with Crippen molar-refractivity contribution in [2.24, 2.45) is 5.73 Å². The Morgan fingerprint density at radius 1 is 1.26 bits per heavy atom. The zero-order chi connectivity index (χ0) is 15.2. The van der Waals surface area contributed by atoms with Crippen molar-refractivity contribution in [3.63, 3.8) is 0 Å². The molecule has 0 saturated heterocycles. The third-order valence-corrected chi connectivity index (χ3v) is 4.31. The average molecular weight is 362 g/mol. The van der Waals surface area contributed by atoms with Crippen LogP contribution in [0.15, 0.2) is 24.3 Å². The summed E-state index contributed by atoms with van der Waals surface area (Å²) >= 11 is 0. The molecule has 1 atom stereocenters. The monoisotopic (exact) mass is 361 g/mol. The molecule has 23 heavy (non-hydrogen) atoms. The summed E-state index contributed by atoms with van der Waals surface area (Å²) in [4.78, 5) is 14.2. The van der Waals surface area contributed by atoms with E-state index in [4.69, 9.17) is 5.73 Å². The number of anilines is 1. The van der Waals surface area contributed by atoms with Gasteiger partial charge in [-0.15, -0.1) is 24.8 Å². The van der Waals surface area contributed by atoms with Crippen LogP contribution in [0.3, 0.4) is 0 Å². The van der Waals surface area contributed by atoms with E-state index in [2.05, 4.69) is 23.3 Å². The lowest BCUT2D eigenvalue weighted by Gasteiger charge is -2.31. The number of nitrogens with zero attached hydrogens (tertiary/aromatic N) is 1. The lowest BCUT2D eigenvalue weighted by molar-refractivity contribution is -0.117. The molecule has 0 heterocycles. The van der Waals surface area contributed by atoms with E-state index in [-0.39, 0.29) is 30.7 Å². The highest BCUT2D eigenvalue weighted by atomic mass is 35.5. The summed E-state index contributed by atoms with van der Waals surface area (Å²) < 4.78 is 0. The highest BCUT2D eigenvalue weighted by molar-refractivity contribution is 5.95. The topological polar surface area (TPSA) is 58.4 Å². The number of nitrogens with two attached hydrogens (primary N) is 1. The van der Waals surface area contributed by atoms with Crippen LogP contribution in [-0.2, 0) is 11.3 Å². The molecule has 1 aromatic carbocycles. The molecular weight excluding hydrogens is 333 g/mol. The smallest absolute Gasteiger partial charge is 0.241 e. The molecule has 1 aliphatic carbocycles. The molecule has 3 N–H and O–H groups in total. The van der Waals surface area contributed by atoms with Crippen molar-refractivity contribution < 1.29 is 4.79 Å². The van der Waals surface area contributed by atoms with Gasteiger partial charge in [0.15, 0.2) is 0 Å². The van der Waals surface area contributed by atoms with Gasteiger partial charge >= 0.3 is 0 Å². The number of carbonyl (C=O) groups excluding carboxylic acids is 1. The van der Waals surface area contributed by atoms with E-state index in [0.29, 0.717) is 6.04 Å². The normalized spacial score (nSPS) is 16.2. The molecule has 0 bridgehead atoms. The number of nitrogens with one attached hydrogen (secondary N) is 1. The van der Waals surface area contributed by atoms with E-state index < -0.39 is 6.04 Å². The molecule has 1 unspecified atom stereocenters. The van der Waals surface area contributed by atoms with Crippen LogP contribution < -0.4 is 11.1 Å². The second-order valence-corrected chi connectivity index (χ2v) is 6.14. The summed E-state index contributed by atoms with van der Waals surface area (Å²) in [5.74, 6) is -0.136. The van der Waals surface area contributed by atoms with E-state index in [0.717, 1.165) is 17.8 Å². The summed E-state index contributed by atoms with van der Waals surface area (Å²) in [6.45, 7) is 2.56. The molecule has 0 radical (unpaired) electrons. The zero-order valence-electron chi connectivity index (χ0n) is 14.0. The Labute approximate surface area is 152 Å². The Morgan fingerprint density at radius 3 is 2.48 bits per heavy atom. The molecule has 132 valence electrons. The number of amides is 1. The van der Waals surface area contributed by atoms with E-state index in [9.17, 15) is 4.79 Å². The van der Waals surface area contributed by atoms with Crippen molar-refractivity contribution in [3.05, 3.63) is 29.8 Å². The molecule has 0 aromatic heterocycles. The summed E-state index contributed by atoms with van der Waals surface area (Å²) in [6.07, 6.45) is 6.59. The number of hydrogen-bond acceptors (Lipinski definition) is 3. The highest BCUT2D eigenvalue weighted by Gasteiger charge is 2.19. The van der Waals surface area contributed by atoms with Gasteiger partial charge < -0.3 is 11.1 Å². The van der Waals surface area contributed by atoms with Crippen LogP contribution in [0.2, 0.25) is 0 Å². The number of hydrogen-bond donors (Lipinski definition) is 2. The van der Waals surface area contributed by atoms with Crippen LogP contribution in [0.25, 0.3) is 0 Å². The maximum atomic E-state index is 11.8. The van der Waals surface area contributed by atoms with E-state index in [1.807, 2.05) is 18.2 Å². The maximum absolute atomic E-state index is 11.8. The number of benzene rings is 1. The maximum Gasteiger partial charge on any atom is 0.241 e. The van der Waals surface area contributed by atoms with E-state index >= 15 is 0 Å². The predicted octanol–water partition coefficient (Wildman–Crippen LogP) is 3.58. The van der Waals surface area contributed by atoms with Crippen LogP contribution in [0.5, 0.6) is 0 Å². The van der Waals surface area contributed by atoms with Crippen LogP contribution >= 0.6 is 24.8 Å². The molecule has 0 aliphatic heterocycles. The third kappa shape index (κ3) is 6.68. The van der Waals surface area contributed by atoms with Crippen molar-refractivity contribution in [2.45, 2.75) is 57.7 Å². The van der Waals surface area contributed by atoms with Gasteiger partial charge in [0, 0.05) is 18.3 Å². The van der Waals surface area contributed by atoms with Gasteiger partial charge in [0.1, 0.15) is 0 Å². The number of halogens is 2. The Morgan fingerprint density at radius 2 is 1.87 bits per heavy atom.